The van der Waals surface area contributed by atoms with Gasteiger partial charge in [-0.1, -0.05) is 43.3 Å². The number of carbonyl (C=O) groups is 2. The molecule has 228 valence electrons. The summed E-state index contributed by atoms with van der Waals surface area (Å²) in [6, 6.07) is 21.2. The van der Waals surface area contributed by atoms with E-state index in [9.17, 15) is 14.7 Å². The molecule has 2 heterocycles. The fraction of sp³-hybridized carbons (Fsp3) is 0.286. The Morgan fingerprint density at radius 3 is 2.41 bits per heavy atom. The third-order valence-corrected chi connectivity index (χ3v) is 7.34. The second-order valence-electron chi connectivity index (χ2n) is 10.4. The number of likely N-dealkylation sites (tertiary alicyclic amines) is 1. The Hall–Kier alpha value is -5.05. The van der Waals surface area contributed by atoms with E-state index in [0.29, 0.717) is 67.7 Å². The number of aliphatic hydroxyl groups is 1. The van der Waals surface area contributed by atoms with Gasteiger partial charge in [0.15, 0.2) is 11.5 Å². The largest absolute Gasteiger partial charge is 0.507 e. The second-order valence-corrected chi connectivity index (χ2v) is 10.4. The number of ether oxygens (including phenoxy) is 3. The van der Waals surface area contributed by atoms with E-state index in [1.807, 2.05) is 61.0 Å². The van der Waals surface area contributed by atoms with Gasteiger partial charge in [0.1, 0.15) is 18.1 Å². The molecule has 1 amide bonds. The molecule has 1 N–H and O–H groups in total. The van der Waals surface area contributed by atoms with Crippen LogP contribution in [-0.4, -0.2) is 51.0 Å². The topological polar surface area (TPSA) is 103 Å². The zero-order chi connectivity index (χ0) is 30.9. The maximum absolute atomic E-state index is 13.5. The van der Waals surface area contributed by atoms with E-state index in [1.54, 1.807) is 48.9 Å². The molecule has 5 rings (SSSR count). The lowest BCUT2D eigenvalue weighted by atomic mass is 9.95. The standard InChI is InChI=1S/C35H37N3O6/c1-3-21-43-28-14-11-26(12-15-28)33(39)31-32(38(35(41)34(31)40)19-8-18-37-20-17-36-24-37)27-13-16-29(30(22-27)42-4-2)44-23-25-9-6-5-7-10-25/h5-7,9-17,20,22,24,32,39H,3-4,8,18-19,21,23H2,1-2H3. The molecule has 3 aromatic carbocycles. The van der Waals surface area contributed by atoms with E-state index < -0.39 is 17.7 Å². The van der Waals surface area contributed by atoms with E-state index in [2.05, 4.69) is 4.98 Å². The van der Waals surface area contributed by atoms with Crippen LogP contribution in [0.5, 0.6) is 17.2 Å². The lowest BCUT2D eigenvalue weighted by Crippen LogP contribution is -2.31. The van der Waals surface area contributed by atoms with Crippen molar-refractivity contribution in [3.05, 3.63) is 114 Å². The van der Waals surface area contributed by atoms with Crippen molar-refractivity contribution < 1.29 is 28.9 Å². The molecular weight excluding hydrogens is 558 g/mol. The van der Waals surface area contributed by atoms with Crippen LogP contribution in [0.25, 0.3) is 5.76 Å². The first-order chi connectivity index (χ1) is 21.5. The summed E-state index contributed by atoms with van der Waals surface area (Å²) in [6.07, 6.45) is 6.71. The van der Waals surface area contributed by atoms with Gasteiger partial charge >= 0.3 is 0 Å². The van der Waals surface area contributed by atoms with Gasteiger partial charge in [0.2, 0.25) is 0 Å². The minimum atomic E-state index is -0.823. The molecule has 1 atom stereocenters. The van der Waals surface area contributed by atoms with E-state index in [1.165, 1.54) is 4.90 Å². The SMILES string of the molecule is CCCOc1ccc(C(O)=C2C(=O)C(=O)N(CCCn3ccnc3)C2c2ccc(OCc3ccccc3)c(OCC)c2)cc1. The molecule has 0 aliphatic carbocycles. The molecule has 44 heavy (non-hydrogen) atoms. The van der Waals surface area contributed by atoms with E-state index in [4.69, 9.17) is 14.2 Å². The Morgan fingerprint density at radius 2 is 1.70 bits per heavy atom. The molecule has 4 aromatic rings. The number of hydrogen-bond acceptors (Lipinski definition) is 7. The maximum atomic E-state index is 13.5. The first-order valence-electron chi connectivity index (χ1n) is 14.9. The van der Waals surface area contributed by atoms with Crippen molar-refractivity contribution in [2.75, 3.05) is 19.8 Å². The summed E-state index contributed by atoms with van der Waals surface area (Å²) in [7, 11) is 0. The molecule has 0 spiro atoms. The molecule has 1 saturated heterocycles. The van der Waals surface area contributed by atoms with E-state index in [0.717, 1.165) is 12.0 Å². The molecular formula is C35H37N3O6. The normalized spacial score (nSPS) is 15.9. The molecule has 0 bridgehead atoms. The molecule has 9 heteroatoms. The second kappa shape index (κ2) is 14.4. The number of benzene rings is 3. The summed E-state index contributed by atoms with van der Waals surface area (Å²) in [4.78, 5) is 32.6. The third kappa shape index (κ3) is 6.94. The van der Waals surface area contributed by atoms with Crippen molar-refractivity contribution in [2.24, 2.45) is 0 Å². The monoisotopic (exact) mass is 595 g/mol. The Bertz CT molecular complexity index is 1580. The van der Waals surface area contributed by atoms with Crippen molar-refractivity contribution in [1.29, 1.82) is 0 Å². The van der Waals surface area contributed by atoms with Crippen molar-refractivity contribution in [2.45, 2.75) is 45.9 Å². The summed E-state index contributed by atoms with van der Waals surface area (Å²) >= 11 is 0. The van der Waals surface area contributed by atoms with Crippen LogP contribution in [0, 0.1) is 0 Å². The van der Waals surface area contributed by atoms with Crippen LogP contribution in [0.1, 0.15) is 49.4 Å². The van der Waals surface area contributed by atoms with Crippen molar-refractivity contribution in [3.63, 3.8) is 0 Å². The van der Waals surface area contributed by atoms with Gasteiger partial charge in [0, 0.05) is 31.0 Å². The number of amides is 1. The van der Waals surface area contributed by atoms with Gasteiger partial charge < -0.3 is 28.8 Å². The van der Waals surface area contributed by atoms with Crippen molar-refractivity contribution in [1.82, 2.24) is 14.5 Å². The van der Waals surface area contributed by atoms with Gasteiger partial charge in [0.05, 0.1) is 31.2 Å². The minimum absolute atomic E-state index is 0.0280. The lowest BCUT2D eigenvalue weighted by Gasteiger charge is -2.26. The van der Waals surface area contributed by atoms with E-state index in [-0.39, 0.29) is 11.3 Å². The molecule has 1 aliphatic rings. The number of hydrogen-bond donors (Lipinski definition) is 1. The number of Topliss-reactive ketones (excluding diaryl/α,β-unsaturated/α-hetero) is 1. The quantitative estimate of drug-likeness (QED) is 0.106. The van der Waals surface area contributed by atoms with Crippen LogP contribution in [0.2, 0.25) is 0 Å². The Balaban J connectivity index is 1.50. The number of aryl methyl sites for hydroxylation is 1. The van der Waals surface area contributed by atoms with Gasteiger partial charge in [-0.3, -0.25) is 9.59 Å². The number of nitrogens with zero attached hydrogens (tertiary/aromatic N) is 3. The summed E-state index contributed by atoms with van der Waals surface area (Å²) in [6.45, 7) is 6.13. The predicted octanol–water partition coefficient (Wildman–Crippen LogP) is 6.16. The maximum Gasteiger partial charge on any atom is 0.295 e. The highest BCUT2D eigenvalue weighted by Gasteiger charge is 2.46. The lowest BCUT2D eigenvalue weighted by molar-refractivity contribution is -0.139. The number of aromatic nitrogens is 2. The van der Waals surface area contributed by atoms with Crippen LogP contribution in [-0.2, 0) is 22.7 Å². The highest BCUT2D eigenvalue weighted by Crippen LogP contribution is 2.42. The van der Waals surface area contributed by atoms with E-state index >= 15 is 0 Å². The van der Waals surface area contributed by atoms with Crippen LogP contribution < -0.4 is 14.2 Å². The minimum Gasteiger partial charge on any atom is -0.507 e. The van der Waals surface area contributed by atoms with Crippen LogP contribution in [0.4, 0.5) is 0 Å². The highest BCUT2D eigenvalue weighted by atomic mass is 16.5. The average molecular weight is 596 g/mol. The predicted molar refractivity (Wildman–Crippen MR) is 166 cm³/mol. The fourth-order valence-corrected chi connectivity index (χ4v) is 5.20. The van der Waals surface area contributed by atoms with Gasteiger partial charge in [0.25, 0.3) is 11.7 Å². The zero-order valence-electron chi connectivity index (χ0n) is 25.0. The molecule has 1 aliphatic heterocycles. The van der Waals surface area contributed by atoms with Crippen molar-refractivity contribution in [3.8, 4) is 17.2 Å². The fourth-order valence-electron chi connectivity index (χ4n) is 5.20. The summed E-state index contributed by atoms with van der Waals surface area (Å²) in [5, 5.41) is 11.5. The van der Waals surface area contributed by atoms with Gasteiger partial charge in [-0.05, 0) is 67.3 Å². The average Bonchev–Trinajstić information content (AvgIpc) is 3.66. The first-order valence-corrected chi connectivity index (χ1v) is 14.9. The molecule has 0 radical (unpaired) electrons. The smallest absolute Gasteiger partial charge is 0.295 e. The van der Waals surface area contributed by atoms with Crippen LogP contribution in [0.15, 0.2) is 97.1 Å². The van der Waals surface area contributed by atoms with Crippen LogP contribution >= 0.6 is 0 Å². The Labute approximate surface area is 257 Å². The third-order valence-electron chi connectivity index (χ3n) is 7.34. The molecule has 1 unspecified atom stereocenters. The number of rotatable bonds is 14. The highest BCUT2D eigenvalue weighted by molar-refractivity contribution is 6.46. The first kappa shape index (κ1) is 30.4. The van der Waals surface area contributed by atoms with Crippen LogP contribution in [0.3, 0.4) is 0 Å². The zero-order valence-corrected chi connectivity index (χ0v) is 25.0. The van der Waals surface area contributed by atoms with Gasteiger partial charge in [-0.2, -0.15) is 0 Å². The molecule has 0 saturated carbocycles. The van der Waals surface area contributed by atoms with Gasteiger partial charge in [-0.15, -0.1) is 0 Å². The number of aliphatic hydroxyl groups excluding tert-OH is 1. The molecule has 1 fully saturated rings. The number of ketones is 1. The van der Waals surface area contributed by atoms with Crippen molar-refractivity contribution >= 4 is 17.4 Å². The number of imidazole rings is 1. The molecule has 9 nitrogen and oxygen atoms in total. The number of carbonyl (C=O) groups excluding carboxylic acids is 2. The Morgan fingerprint density at radius 1 is 0.909 bits per heavy atom. The summed E-state index contributed by atoms with van der Waals surface area (Å²) < 4.78 is 19.6. The Kier molecular flexibility index (Phi) is 9.96. The van der Waals surface area contributed by atoms with Gasteiger partial charge in [-0.25, -0.2) is 4.98 Å². The summed E-state index contributed by atoms with van der Waals surface area (Å²) in [5.41, 5.74) is 2.09. The summed E-state index contributed by atoms with van der Waals surface area (Å²) in [5.74, 6) is 0.0556. The molecule has 1 aromatic heterocycles.